The monoisotopic (exact) mass is 251 g/mol. The van der Waals surface area contributed by atoms with E-state index in [2.05, 4.69) is 24.0 Å². The fraction of sp³-hybridized carbons (Fsp3) is 0.667. The van der Waals surface area contributed by atoms with Gasteiger partial charge in [0.15, 0.2) is 0 Å². The summed E-state index contributed by atoms with van der Waals surface area (Å²) < 4.78 is 1.67. The standard InChI is InChI=1S/C12H21N5O/c1-4-17-11(10(13)7-14-17)12(18)16-6-5-15(3)9(2)8-16/h7,9H,4-6,8,13H2,1-3H3. The van der Waals surface area contributed by atoms with Crippen molar-refractivity contribution < 1.29 is 4.79 Å². The molecule has 0 aliphatic carbocycles. The van der Waals surface area contributed by atoms with Gasteiger partial charge in [-0.25, -0.2) is 0 Å². The van der Waals surface area contributed by atoms with Crippen molar-refractivity contribution in [3.8, 4) is 0 Å². The molecule has 1 aromatic heterocycles. The smallest absolute Gasteiger partial charge is 0.274 e. The van der Waals surface area contributed by atoms with Crippen LogP contribution in [0.1, 0.15) is 24.3 Å². The van der Waals surface area contributed by atoms with Crippen molar-refractivity contribution in [1.29, 1.82) is 0 Å². The highest BCUT2D eigenvalue weighted by Gasteiger charge is 2.28. The summed E-state index contributed by atoms with van der Waals surface area (Å²) in [6.45, 7) is 7.11. The largest absolute Gasteiger partial charge is 0.396 e. The SMILES string of the molecule is CCn1ncc(N)c1C(=O)N1CCN(C)C(C)C1. The molecule has 1 fully saturated rings. The molecule has 1 aliphatic heterocycles. The summed E-state index contributed by atoms with van der Waals surface area (Å²) in [7, 11) is 2.08. The maximum absolute atomic E-state index is 12.5. The van der Waals surface area contributed by atoms with Gasteiger partial charge in [0.1, 0.15) is 5.69 Å². The van der Waals surface area contributed by atoms with Crippen molar-refractivity contribution in [2.75, 3.05) is 32.4 Å². The van der Waals surface area contributed by atoms with E-state index in [4.69, 9.17) is 5.73 Å². The predicted octanol–water partition coefficient (Wildman–Crippen LogP) is 0.261. The number of nitrogens with zero attached hydrogens (tertiary/aromatic N) is 4. The van der Waals surface area contributed by atoms with Crippen molar-refractivity contribution in [3.63, 3.8) is 0 Å². The van der Waals surface area contributed by atoms with Crippen molar-refractivity contribution >= 4 is 11.6 Å². The van der Waals surface area contributed by atoms with E-state index in [0.717, 1.165) is 19.6 Å². The Hall–Kier alpha value is -1.56. The lowest BCUT2D eigenvalue weighted by Gasteiger charge is -2.37. The van der Waals surface area contributed by atoms with Gasteiger partial charge >= 0.3 is 0 Å². The van der Waals surface area contributed by atoms with Crippen LogP contribution in [-0.4, -0.2) is 58.2 Å². The van der Waals surface area contributed by atoms with E-state index in [-0.39, 0.29) is 5.91 Å². The molecule has 1 amide bonds. The second-order valence-electron chi connectivity index (χ2n) is 4.85. The maximum atomic E-state index is 12.5. The van der Waals surface area contributed by atoms with Crippen LogP contribution in [-0.2, 0) is 6.54 Å². The molecule has 0 radical (unpaired) electrons. The Bertz CT molecular complexity index is 442. The number of nitrogens with two attached hydrogens (primary N) is 1. The minimum atomic E-state index is -0.00759. The first-order valence-electron chi connectivity index (χ1n) is 6.35. The van der Waals surface area contributed by atoms with E-state index >= 15 is 0 Å². The Morgan fingerprint density at radius 1 is 1.56 bits per heavy atom. The van der Waals surface area contributed by atoms with E-state index < -0.39 is 0 Å². The molecule has 1 atom stereocenters. The zero-order valence-electron chi connectivity index (χ0n) is 11.3. The van der Waals surface area contributed by atoms with E-state index in [0.29, 0.717) is 24.0 Å². The number of amides is 1. The van der Waals surface area contributed by atoms with Crippen LogP contribution in [0.2, 0.25) is 0 Å². The van der Waals surface area contributed by atoms with Crippen LogP contribution >= 0.6 is 0 Å². The van der Waals surface area contributed by atoms with Crippen LogP contribution in [0.3, 0.4) is 0 Å². The Kier molecular flexibility index (Phi) is 3.56. The molecule has 0 bridgehead atoms. The van der Waals surface area contributed by atoms with E-state index in [1.807, 2.05) is 11.8 Å². The summed E-state index contributed by atoms with van der Waals surface area (Å²) >= 11 is 0. The van der Waals surface area contributed by atoms with Gasteiger partial charge in [-0.1, -0.05) is 0 Å². The van der Waals surface area contributed by atoms with Crippen molar-refractivity contribution in [1.82, 2.24) is 19.6 Å². The molecule has 1 aromatic rings. The second kappa shape index (κ2) is 4.97. The first-order valence-corrected chi connectivity index (χ1v) is 6.35. The highest BCUT2D eigenvalue weighted by Crippen LogP contribution is 2.16. The van der Waals surface area contributed by atoms with Gasteiger partial charge in [0.25, 0.3) is 5.91 Å². The summed E-state index contributed by atoms with van der Waals surface area (Å²) in [6, 6.07) is 0.377. The van der Waals surface area contributed by atoms with Crippen molar-refractivity contribution in [2.24, 2.45) is 0 Å². The number of aryl methyl sites for hydroxylation is 1. The topological polar surface area (TPSA) is 67.4 Å². The normalized spacial score (nSPS) is 21.3. The van der Waals surface area contributed by atoms with Crippen LogP contribution in [0, 0.1) is 0 Å². The molecule has 0 saturated carbocycles. The minimum Gasteiger partial charge on any atom is -0.396 e. The van der Waals surface area contributed by atoms with Crippen LogP contribution in [0.5, 0.6) is 0 Å². The summed E-state index contributed by atoms with van der Waals surface area (Å²) in [5.41, 5.74) is 6.83. The fourth-order valence-corrected chi connectivity index (χ4v) is 2.26. The third-order valence-corrected chi connectivity index (χ3v) is 3.62. The van der Waals surface area contributed by atoms with Crippen molar-refractivity contribution in [2.45, 2.75) is 26.4 Å². The highest BCUT2D eigenvalue weighted by molar-refractivity contribution is 5.97. The zero-order valence-corrected chi connectivity index (χ0v) is 11.3. The first-order chi connectivity index (χ1) is 8.54. The molecule has 2 N–H and O–H groups in total. The lowest BCUT2D eigenvalue weighted by Crippen LogP contribution is -2.52. The van der Waals surface area contributed by atoms with Crippen LogP contribution in [0.4, 0.5) is 5.69 Å². The molecular weight excluding hydrogens is 230 g/mol. The van der Waals surface area contributed by atoms with Gasteiger partial charge in [0.05, 0.1) is 11.9 Å². The van der Waals surface area contributed by atoms with Gasteiger partial charge in [-0.05, 0) is 20.9 Å². The zero-order chi connectivity index (χ0) is 13.3. The number of carbonyl (C=O) groups is 1. The van der Waals surface area contributed by atoms with Gasteiger partial charge in [-0.3, -0.25) is 9.48 Å². The van der Waals surface area contributed by atoms with Crippen LogP contribution in [0.15, 0.2) is 6.20 Å². The number of nitrogen functional groups attached to an aromatic ring is 1. The molecule has 2 heterocycles. The summed E-state index contributed by atoms with van der Waals surface area (Å²) in [5, 5.41) is 4.12. The number of anilines is 1. The Balaban J connectivity index is 2.18. The van der Waals surface area contributed by atoms with E-state index in [1.54, 1.807) is 10.9 Å². The van der Waals surface area contributed by atoms with Gasteiger partial charge in [0, 0.05) is 32.2 Å². The maximum Gasteiger partial charge on any atom is 0.274 e. The fourth-order valence-electron chi connectivity index (χ4n) is 2.26. The Morgan fingerprint density at radius 3 is 2.89 bits per heavy atom. The predicted molar refractivity (Wildman–Crippen MR) is 70.3 cm³/mol. The van der Waals surface area contributed by atoms with Gasteiger partial charge in [-0.15, -0.1) is 0 Å². The first kappa shape index (κ1) is 12.9. The molecule has 1 unspecified atom stereocenters. The summed E-state index contributed by atoms with van der Waals surface area (Å²) in [6.07, 6.45) is 1.55. The molecule has 1 aliphatic rings. The van der Waals surface area contributed by atoms with Gasteiger partial charge in [-0.2, -0.15) is 5.10 Å². The third kappa shape index (κ3) is 2.20. The number of carbonyl (C=O) groups excluding carboxylic acids is 1. The molecule has 6 nitrogen and oxygen atoms in total. The lowest BCUT2D eigenvalue weighted by atomic mass is 10.2. The van der Waals surface area contributed by atoms with Crippen LogP contribution in [0.25, 0.3) is 0 Å². The molecule has 2 rings (SSSR count). The summed E-state index contributed by atoms with van der Waals surface area (Å²) in [4.78, 5) is 16.6. The average Bonchev–Trinajstić information content (AvgIpc) is 2.73. The molecule has 18 heavy (non-hydrogen) atoms. The summed E-state index contributed by atoms with van der Waals surface area (Å²) in [5.74, 6) is -0.00759. The number of hydrogen-bond acceptors (Lipinski definition) is 4. The molecule has 100 valence electrons. The molecule has 1 saturated heterocycles. The number of hydrogen-bond donors (Lipinski definition) is 1. The number of aromatic nitrogens is 2. The molecule has 6 heteroatoms. The highest BCUT2D eigenvalue weighted by atomic mass is 16.2. The minimum absolute atomic E-state index is 0.00759. The molecule has 0 aromatic carbocycles. The Labute approximate surface area is 107 Å². The second-order valence-corrected chi connectivity index (χ2v) is 4.85. The van der Waals surface area contributed by atoms with Crippen molar-refractivity contribution in [3.05, 3.63) is 11.9 Å². The lowest BCUT2D eigenvalue weighted by molar-refractivity contribution is 0.0562. The average molecular weight is 251 g/mol. The van der Waals surface area contributed by atoms with Crippen LogP contribution < -0.4 is 5.73 Å². The number of piperazine rings is 1. The van der Waals surface area contributed by atoms with E-state index in [1.165, 1.54) is 0 Å². The quantitative estimate of drug-likeness (QED) is 0.819. The number of rotatable bonds is 2. The third-order valence-electron chi connectivity index (χ3n) is 3.62. The number of likely N-dealkylation sites (N-methyl/N-ethyl adjacent to an activating group) is 1. The van der Waals surface area contributed by atoms with E-state index in [9.17, 15) is 4.79 Å². The molecule has 0 spiro atoms. The van der Waals surface area contributed by atoms with Gasteiger partial charge in [0.2, 0.25) is 0 Å². The van der Waals surface area contributed by atoms with Gasteiger partial charge < -0.3 is 15.5 Å². The Morgan fingerprint density at radius 2 is 2.28 bits per heavy atom. The molecular formula is C12H21N5O.